The van der Waals surface area contributed by atoms with Gasteiger partial charge in [-0.1, -0.05) is 97.8 Å². The van der Waals surface area contributed by atoms with Crippen molar-refractivity contribution in [3.8, 4) is 0 Å². The summed E-state index contributed by atoms with van der Waals surface area (Å²) in [6.07, 6.45) is 1.78. The number of unbranched alkanes of at least 4 members (excludes halogenated alkanes) is 1. The third kappa shape index (κ3) is 8.32. The maximum atomic E-state index is 15.0. The predicted molar refractivity (Wildman–Crippen MR) is 171 cm³/mol. The molecule has 0 aliphatic rings. The van der Waals surface area contributed by atoms with Gasteiger partial charge in [-0.3, -0.25) is 13.9 Å². The van der Waals surface area contributed by atoms with E-state index in [4.69, 9.17) is 0 Å². The first-order valence-electron chi connectivity index (χ1n) is 14.7. The minimum atomic E-state index is -4.19. The molecule has 0 heterocycles. The molecular weight excluding hydrogens is 577 g/mol. The fraction of sp³-hybridized carbons (Fsp3) is 0.257. The Labute approximate surface area is 259 Å². The fourth-order valence-corrected chi connectivity index (χ4v) is 6.26. The molecule has 0 unspecified atom stereocenters. The molecule has 44 heavy (non-hydrogen) atoms. The normalized spacial score (nSPS) is 11.9. The zero-order valence-electron chi connectivity index (χ0n) is 25.0. The van der Waals surface area contributed by atoms with Crippen LogP contribution in [0.1, 0.15) is 36.5 Å². The molecule has 4 aromatic carbocycles. The Bertz CT molecular complexity index is 1630. The summed E-state index contributed by atoms with van der Waals surface area (Å²) in [5, 5.41) is 2.93. The number of hydrogen-bond donors (Lipinski definition) is 1. The zero-order valence-corrected chi connectivity index (χ0v) is 25.8. The van der Waals surface area contributed by atoms with E-state index in [-0.39, 0.29) is 29.3 Å². The third-order valence-electron chi connectivity index (χ3n) is 7.33. The summed E-state index contributed by atoms with van der Waals surface area (Å²) in [4.78, 5) is 29.4. The van der Waals surface area contributed by atoms with Crippen LogP contribution in [0.3, 0.4) is 0 Å². The number of sulfonamides is 1. The first-order chi connectivity index (χ1) is 21.2. The predicted octanol–water partition coefficient (Wildman–Crippen LogP) is 5.89. The smallest absolute Gasteiger partial charge is 0.264 e. The van der Waals surface area contributed by atoms with Crippen molar-refractivity contribution in [2.24, 2.45) is 0 Å². The lowest BCUT2D eigenvalue weighted by Gasteiger charge is -2.34. The Hall–Kier alpha value is -4.50. The van der Waals surface area contributed by atoms with Gasteiger partial charge in [0.05, 0.1) is 10.6 Å². The van der Waals surface area contributed by atoms with Gasteiger partial charge in [0, 0.05) is 25.1 Å². The van der Waals surface area contributed by atoms with Crippen LogP contribution in [0, 0.1) is 12.7 Å². The van der Waals surface area contributed by atoms with Gasteiger partial charge in [0.1, 0.15) is 18.4 Å². The van der Waals surface area contributed by atoms with Crippen molar-refractivity contribution in [1.29, 1.82) is 0 Å². The Balaban J connectivity index is 1.78. The van der Waals surface area contributed by atoms with Crippen LogP contribution in [0.25, 0.3) is 0 Å². The van der Waals surface area contributed by atoms with Crippen LogP contribution in [-0.2, 0) is 32.6 Å². The van der Waals surface area contributed by atoms with Gasteiger partial charge in [0.25, 0.3) is 10.0 Å². The van der Waals surface area contributed by atoms with Gasteiger partial charge in [-0.2, -0.15) is 0 Å². The number of anilines is 1. The standard InChI is InChI=1S/C35H38FN3O4S/c1-3-4-23-37-35(41)33(24-28-13-7-5-8-14-28)38(25-29-15-11-12-18-32(29)36)34(40)26-39(30-21-19-27(2)20-22-30)44(42,43)31-16-9-6-10-17-31/h5-22,33H,3-4,23-26H2,1-2H3,(H,37,41)/t33-/m1/s1. The average molecular weight is 616 g/mol. The highest BCUT2D eigenvalue weighted by Gasteiger charge is 2.34. The van der Waals surface area contributed by atoms with Crippen molar-refractivity contribution in [3.05, 3.63) is 132 Å². The van der Waals surface area contributed by atoms with Crippen LogP contribution in [-0.4, -0.2) is 44.3 Å². The number of rotatable bonds is 14. The minimum Gasteiger partial charge on any atom is -0.354 e. The molecule has 0 bridgehead atoms. The SMILES string of the molecule is CCCCNC(=O)[C@@H](Cc1ccccc1)N(Cc1ccccc1F)C(=O)CN(c1ccc(C)cc1)S(=O)(=O)c1ccccc1. The van der Waals surface area contributed by atoms with Crippen molar-refractivity contribution in [1.82, 2.24) is 10.2 Å². The van der Waals surface area contributed by atoms with Crippen LogP contribution in [0.4, 0.5) is 10.1 Å². The topological polar surface area (TPSA) is 86.8 Å². The number of nitrogens with zero attached hydrogens (tertiary/aromatic N) is 2. The van der Waals surface area contributed by atoms with Crippen molar-refractivity contribution in [2.75, 3.05) is 17.4 Å². The lowest BCUT2D eigenvalue weighted by Crippen LogP contribution is -2.53. The van der Waals surface area contributed by atoms with Crippen molar-refractivity contribution >= 4 is 27.5 Å². The van der Waals surface area contributed by atoms with Crippen LogP contribution < -0.4 is 9.62 Å². The third-order valence-corrected chi connectivity index (χ3v) is 9.12. The monoisotopic (exact) mass is 615 g/mol. The second-order valence-corrected chi connectivity index (χ2v) is 12.5. The molecule has 0 fully saturated rings. The van der Waals surface area contributed by atoms with Gasteiger partial charge in [0.2, 0.25) is 11.8 Å². The first kappa shape index (κ1) is 32.4. The summed E-state index contributed by atoms with van der Waals surface area (Å²) in [7, 11) is -4.19. The molecular formula is C35H38FN3O4S. The highest BCUT2D eigenvalue weighted by molar-refractivity contribution is 7.92. The molecule has 4 rings (SSSR count). The number of nitrogens with one attached hydrogen (secondary N) is 1. The summed E-state index contributed by atoms with van der Waals surface area (Å²) >= 11 is 0. The van der Waals surface area contributed by atoms with E-state index < -0.39 is 34.3 Å². The van der Waals surface area contributed by atoms with Crippen molar-refractivity contribution < 1.29 is 22.4 Å². The van der Waals surface area contributed by atoms with Gasteiger partial charge < -0.3 is 10.2 Å². The number of benzene rings is 4. The number of halogens is 1. The lowest BCUT2D eigenvalue weighted by atomic mass is 10.0. The van der Waals surface area contributed by atoms with E-state index in [1.54, 1.807) is 60.7 Å². The molecule has 0 saturated carbocycles. The summed E-state index contributed by atoms with van der Waals surface area (Å²) in [6.45, 7) is 3.49. The van der Waals surface area contributed by atoms with E-state index in [2.05, 4.69) is 5.32 Å². The highest BCUT2D eigenvalue weighted by atomic mass is 32.2. The quantitative estimate of drug-likeness (QED) is 0.179. The Kier molecular flexibility index (Phi) is 11.3. The number of aryl methyl sites for hydroxylation is 1. The van der Waals surface area contributed by atoms with E-state index in [0.717, 1.165) is 28.3 Å². The highest BCUT2D eigenvalue weighted by Crippen LogP contribution is 2.25. The maximum absolute atomic E-state index is 15.0. The number of amides is 2. The van der Waals surface area contributed by atoms with E-state index in [1.807, 2.05) is 44.2 Å². The summed E-state index contributed by atoms with van der Waals surface area (Å²) < 4.78 is 44.0. The molecule has 0 radical (unpaired) electrons. The molecule has 0 spiro atoms. The van der Waals surface area contributed by atoms with E-state index >= 15 is 0 Å². The summed E-state index contributed by atoms with van der Waals surface area (Å²) in [5.41, 5.74) is 2.24. The molecule has 1 N–H and O–H groups in total. The minimum absolute atomic E-state index is 0.0205. The molecule has 2 amide bonds. The molecule has 4 aromatic rings. The number of carbonyl (C=O) groups is 2. The summed E-state index contributed by atoms with van der Waals surface area (Å²) in [6, 6.07) is 29.0. The molecule has 230 valence electrons. The fourth-order valence-electron chi connectivity index (χ4n) is 4.83. The van der Waals surface area contributed by atoms with Gasteiger partial charge in [-0.15, -0.1) is 0 Å². The maximum Gasteiger partial charge on any atom is 0.264 e. The van der Waals surface area contributed by atoms with E-state index in [9.17, 15) is 22.4 Å². The second kappa shape index (κ2) is 15.3. The molecule has 0 aliphatic carbocycles. The van der Waals surface area contributed by atoms with Crippen molar-refractivity contribution in [2.45, 2.75) is 50.6 Å². The first-order valence-corrected chi connectivity index (χ1v) is 16.1. The van der Waals surface area contributed by atoms with Crippen LogP contribution >= 0.6 is 0 Å². The zero-order chi connectivity index (χ0) is 31.5. The molecule has 0 saturated heterocycles. The van der Waals surface area contributed by atoms with Crippen molar-refractivity contribution in [3.63, 3.8) is 0 Å². The Morgan fingerprint density at radius 1 is 0.841 bits per heavy atom. The largest absolute Gasteiger partial charge is 0.354 e. The molecule has 0 aliphatic heterocycles. The van der Waals surface area contributed by atoms with E-state index in [0.29, 0.717) is 12.2 Å². The summed E-state index contributed by atoms with van der Waals surface area (Å²) in [5.74, 6) is -1.55. The molecule has 7 nitrogen and oxygen atoms in total. The number of hydrogen-bond acceptors (Lipinski definition) is 4. The molecule has 9 heteroatoms. The number of carbonyl (C=O) groups excluding carboxylic acids is 2. The van der Waals surface area contributed by atoms with E-state index in [1.165, 1.54) is 23.1 Å². The van der Waals surface area contributed by atoms with Crippen LogP contribution in [0.2, 0.25) is 0 Å². The Morgan fingerprint density at radius 3 is 2.09 bits per heavy atom. The molecule has 0 aromatic heterocycles. The van der Waals surface area contributed by atoms with Crippen LogP contribution in [0.5, 0.6) is 0 Å². The van der Waals surface area contributed by atoms with Gasteiger partial charge in [-0.25, -0.2) is 12.8 Å². The average Bonchev–Trinajstić information content (AvgIpc) is 3.03. The molecule has 1 atom stereocenters. The second-order valence-electron chi connectivity index (χ2n) is 10.6. The van der Waals surface area contributed by atoms with Crippen LogP contribution in [0.15, 0.2) is 114 Å². The lowest BCUT2D eigenvalue weighted by molar-refractivity contribution is -0.140. The van der Waals surface area contributed by atoms with Gasteiger partial charge in [0.15, 0.2) is 0 Å². The van der Waals surface area contributed by atoms with Gasteiger partial charge >= 0.3 is 0 Å². The Morgan fingerprint density at radius 2 is 1.45 bits per heavy atom. The van der Waals surface area contributed by atoms with Gasteiger partial charge in [-0.05, 0) is 49.2 Å².